The molecule has 0 aliphatic carbocycles. The predicted molar refractivity (Wildman–Crippen MR) is 71.6 cm³/mol. The second kappa shape index (κ2) is 5.03. The number of nitrogens with one attached hydrogen (secondary N) is 1. The zero-order chi connectivity index (χ0) is 14.2. The van der Waals surface area contributed by atoms with Crippen molar-refractivity contribution in [2.45, 2.75) is 45.7 Å². The molecule has 1 aromatic heterocycles. The van der Waals surface area contributed by atoms with Crippen molar-refractivity contribution in [3.05, 3.63) is 11.9 Å². The lowest BCUT2D eigenvalue weighted by atomic mass is 10.2. The number of likely N-dealkylation sites (tertiary alicyclic amines) is 1. The van der Waals surface area contributed by atoms with Crippen molar-refractivity contribution in [3.63, 3.8) is 0 Å². The van der Waals surface area contributed by atoms with Gasteiger partial charge in [0.05, 0.1) is 17.8 Å². The Labute approximate surface area is 112 Å². The first-order valence-electron chi connectivity index (χ1n) is 6.56. The molecule has 2 atom stereocenters. The molecule has 1 saturated heterocycles. The van der Waals surface area contributed by atoms with Crippen molar-refractivity contribution < 1.29 is 9.59 Å². The molecule has 6 nitrogen and oxygen atoms in total. The fraction of sp³-hybridized carbons (Fsp3) is 0.615. The lowest BCUT2D eigenvalue weighted by molar-refractivity contribution is -0.140. The van der Waals surface area contributed by atoms with E-state index in [-0.39, 0.29) is 24.3 Å². The highest BCUT2D eigenvalue weighted by molar-refractivity contribution is 6.07. The fourth-order valence-corrected chi connectivity index (χ4v) is 2.34. The zero-order valence-electron chi connectivity index (χ0n) is 11.8. The van der Waals surface area contributed by atoms with E-state index in [0.717, 1.165) is 17.8 Å². The third-order valence-electron chi connectivity index (χ3n) is 3.56. The Morgan fingerprint density at radius 1 is 1.53 bits per heavy atom. The molecule has 2 unspecified atom stereocenters. The number of imide groups is 1. The molecule has 0 saturated carbocycles. The SMILES string of the molecule is CCC(C)N1C(=O)CC(Nc2cn(C)nc2C)C1=O. The summed E-state index contributed by atoms with van der Waals surface area (Å²) in [7, 11) is 1.82. The quantitative estimate of drug-likeness (QED) is 0.826. The van der Waals surface area contributed by atoms with Gasteiger partial charge < -0.3 is 5.32 Å². The van der Waals surface area contributed by atoms with E-state index in [2.05, 4.69) is 10.4 Å². The Morgan fingerprint density at radius 2 is 2.21 bits per heavy atom. The van der Waals surface area contributed by atoms with Crippen LogP contribution in [0.1, 0.15) is 32.4 Å². The van der Waals surface area contributed by atoms with Gasteiger partial charge in [-0.05, 0) is 20.3 Å². The third-order valence-corrected chi connectivity index (χ3v) is 3.56. The summed E-state index contributed by atoms with van der Waals surface area (Å²) in [6.07, 6.45) is 2.81. The fourth-order valence-electron chi connectivity index (χ4n) is 2.34. The Hall–Kier alpha value is -1.85. The van der Waals surface area contributed by atoms with Crippen LogP contribution >= 0.6 is 0 Å². The molecule has 2 amide bonds. The van der Waals surface area contributed by atoms with Gasteiger partial charge in [0.2, 0.25) is 5.91 Å². The van der Waals surface area contributed by atoms with E-state index >= 15 is 0 Å². The Morgan fingerprint density at radius 3 is 2.74 bits per heavy atom. The van der Waals surface area contributed by atoms with Crippen LogP contribution in [0.2, 0.25) is 0 Å². The Bertz CT molecular complexity index is 509. The van der Waals surface area contributed by atoms with Crippen molar-refractivity contribution in [2.75, 3.05) is 5.32 Å². The molecule has 1 aliphatic rings. The molecule has 19 heavy (non-hydrogen) atoms. The topological polar surface area (TPSA) is 67.2 Å². The van der Waals surface area contributed by atoms with E-state index in [1.54, 1.807) is 4.68 Å². The second-order valence-corrected chi connectivity index (χ2v) is 5.06. The average molecular weight is 264 g/mol. The number of amides is 2. The van der Waals surface area contributed by atoms with E-state index in [1.165, 1.54) is 4.90 Å². The molecule has 0 spiro atoms. The minimum atomic E-state index is -0.468. The molecule has 104 valence electrons. The maximum Gasteiger partial charge on any atom is 0.252 e. The lowest BCUT2D eigenvalue weighted by Crippen LogP contribution is -2.40. The standard InChI is InChI=1S/C13H20N4O2/c1-5-8(2)17-12(18)6-10(13(17)19)14-11-7-16(4)15-9(11)3/h7-8,10,14H,5-6H2,1-4H3. The Kier molecular flexibility index (Phi) is 3.59. The van der Waals surface area contributed by atoms with Crippen LogP contribution in [0.4, 0.5) is 5.69 Å². The molecule has 2 rings (SSSR count). The summed E-state index contributed by atoms with van der Waals surface area (Å²) < 4.78 is 1.69. The van der Waals surface area contributed by atoms with Gasteiger partial charge in [0.15, 0.2) is 0 Å². The average Bonchev–Trinajstić information content (AvgIpc) is 2.80. The minimum Gasteiger partial charge on any atom is -0.370 e. The number of aromatic nitrogens is 2. The van der Waals surface area contributed by atoms with Crippen LogP contribution in [0, 0.1) is 6.92 Å². The maximum absolute atomic E-state index is 12.3. The van der Waals surface area contributed by atoms with Crippen LogP contribution in [0.5, 0.6) is 0 Å². The summed E-state index contributed by atoms with van der Waals surface area (Å²) in [5, 5.41) is 7.34. The molecule has 6 heteroatoms. The first-order valence-corrected chi connectivity index (χ1v) is 6.56. The van der Waals surface area contributed by atoms with Crippen molar-refractivity contribution in [2.24, 2.45) is 7.05 Å². The molecular weight excluding hydrogens is 244 g/mol. The number of nitrogens with zero attached hydrogens (tertiary/aromatic N) is 3. The van der Waals surface area contributed by atoms with Crippen molar-refractivity contribution in [3.8, 4) is 0 Å². The minimum absolute atomic E-state index is 0.0400. The first kappa shape index (κ1) is 13.6. The number of hydrogen-bond donors (Lipinski definition) is 1. The van der Waals surface area contributed by atoms with Gasteiger partial charge >= 0.3 is 0 Å². The molecular formula is C13H20N4O2. The molecule has 1 N–H and O–H groups in total. The molecule has 2 heterocycles. The van der Waals surface area contributed by atoms with Gasteiger partial charge in [0.25, 0.3) is 5.91 Å². The smallest absolute Gasteiger partial charge is 0.252 e. The predicted octanol–water partition coefficient (Wildman–Crippen LogP) is 1.07. The number of hydrogen-bond acceptors (Lipinski definition) is 4. The van der Waals surface area contributed by atoms with E-state index < -0.39 is 6.04 Å². The highest BCUT2D eigenvalue weighted by Crippen LogP contribution is 2.22. The van der Waals surface area contributed by atoms with Crippen molar-refractivity contribution in [1.82, 2.24) is 14.7 Å². The summed E-state index contributed by atoms with van der Waals surface area (Å²) in [5.74, 6) is -0.235. The van der Waals surface area contributed by atoms with E-state index in [4.69, 9.17) is 0 Å². The number of anilines is 1. The van der Waals surface area contributed by atoms with Crippen LogP contribution in [0.25, 0.3) is 0 Å². The van der Waals surface area contributed by atoms with E-state index in [1.807, 2.05) is 34.0 Å². The van der Waals surface area contributed by atoms with Crippen molar-refractivity contribution in [1.29, 1.82) is 0 Å². The van der Waals surface area contributed by atoms with Crippen LogP contribution < -0.4 is 5.32 Å². The highest BCUT2D eigenvalue weighted by Gasteiger charge is 2.40. The molecule has 0 aromatic carbocycles. The van der Waals surface area contributed by atoms with Gasteiger partial charge in [-0.2, -0.15) is 5.10 Å². The second-order valence-electron chi connectivity index (χ2n) is 5.06. The summed E-state index contributed by atoms with van der Waals surface area (Å²) in [5.41, 5.74) is 1.63. The van der Waals surface area contributed by atoms with Crippen molar-refractivity contribution >= 4 is 17.5 Å². The lowest BCUT2D eigenvalue weighted by Gasteiger charge is -2.21. The van der Waals surface area contributed by atoms with Crippen LogP contribution in [0.3, 0.4) is 0 Å². The monoisotopic (exact) mass is 264 g/mol. The summed E-state index contributed by atoms with van der Waals surface area (Å²) >= 11 is 0. The van der Waals surface area contributed by atoms with Gasteiger partial charge in [-0.15, -0.1) is 0 Å². The molecule has 1 aromatic rings. The highest BCUT2D eigenvalue weighted by atomic mass is 16.2. The van der Waals surface area contributed by atoms with Gasteiger partial charge in [-0.1, -0.05) is 6.92 Å². The van der Waals surface area contributed by atoms with Gasteiger partial charge in [0.1, 0.15) is 6.04 Å². The summed E-state index contributed by atoms with van der Waals surface area (Å²) in [6.45, 7) is 5.74. The molecule has 0 radical (unpaired) electrons. The molecule has 1 fully saturated rings. The van der Waals surface area contributed by atoms with Gasteiger partial charge in [-0.3, -0.25) is 19.2 Å². The van der Waals surface area contributed by atoms with E-state index in [9.17, 15) is 9.59 Å². The Balaban J connectivity index is 2.13. The number of carbonyl (C=O) groups is 2. The normalized spacial score (nSPS) is 21.1. The zero-order valence-corrected chi connectivity index (χ0v) is 11.8. The van der Waals surface area contributed by atoms with Gasteiger partial charge in [-0.25, -0.2) is 0 Å². The third kappa shape index (κ3) is 2.47. The largest absolute Gasteiger partial charge is 0.370 e. The van der Waals surface area contributed by atoms with Crippen LogP contribution in [-0.2, 0) is 16.6 Å². The molecule has 0 bridgehead atoms. The first-order chi connectivity index (χ1) is 8.93. The summed E-state index contributed by atoms with van der Waals surface area (Å²) in [4.78, 5) is 25.6. The number of carbonyl (C=O) groups excluding carboxylic acids is 2. The number of rotatable bonds is 4. The maximum atomic E-state index is 12.3. The number of aryl methyl sites for hydroxylation is 2. The van der Waals surface area contributed by atoms with E-state index in [0.29, 0.717) is 0 Å². The molecule has 1 aliphatic heterocycles. The van der Waals surface area contributed by atoms with Gasteiger partial charge in [0, 0.05) is 19.3 Å². The van der Waals surface area contributed by atoms with Crippen LogP contribution in [0.15, 0.2) is 6.20 Å². The summed E-state index contributed by atoms with van der Waals surface area (Å²) in [6, 6.07) is -0.508. The van der Waals surface area contributed by atoms with Crippen LogP contribution in [-0.4, -0.2) is 38.6 Å².